The summed E-state index contributed by atoms with van der Waals surface area (Å²) < 4.78 is 7.57. The minimum absolute atomic E-state index is 0.531. The van der Waals surface area contributed by atoms with Crippen LogP contribution in [-0.4, -0.2) is 0 Å². The number of anilines is 1. The van der Waals surface area contributed by atoms with Crippen molar-refractivity contribution in [1.82, 2.24) is 0 Å². The smallest absolute Gasteiger partial charge is 0.148 e. The van der Waals surface area contributed by atoms with Crippen molar-refractivity contribution in [3.63, 3.8) is 0 Å². The van der Waals surface area contributed by atoms with E-state index in [0.717, 1.165) is 20.3 Å². The zero-order valence-electron chi connectivity index (χ0n) is 10.8. The van der Waals surface area contributed by atoms with Gasteiger partial charge in [-0.1, -0.05) is 29.3 Å². The first kappa shape index (κ1) is 14.4. The molecule has 2 aromatic carbocycles. The van der Waals surface area contributed by atoms with E-state index < -0.39 is 0 Å². The van der Waals surface area contributed by atoms with Crippen LogP contribution in [0.15, 0.2) is 39.3 Å². The van der Waals surface area contributed by atoms with Crippen LogP contribution in [0.2, 0.25) is 0 Å². The summed E-state index contributed by atoms with van der Waals surface area (Å²) in [5.41, 5.74) is 10.1. The van der Waals surface area contributed by atoms with Gasteiger partial charge in [0.2, 0.25) is 0 Å². The second-order valence-corrected chi connectivity index (χ2v) is 6.31. The number of aryl methyl sites for hydroxylation is 2. The predicted molar refractivity (Wildman–Crippen MR) is 86.5 cm³/mol. The Morgan fingerprint density at radius 3 is 2.00 bits per heavy atom. The molecule has 0 aliphatic heterocycles. The summed E-state index contributed by atoms with van der Waals surface area (Å²) in [5, 5.41) is 0. The van der Waals surface area contributed by atoms with Crippen molar-refractivity contribution >= 4 is 37.5 Å². The minimum atomic E-state index is 0.531. The molecule has 0 aliphatic carbocycles. The number of hydrogen-bond donors (Lipinski definition) is 1. The van der Waals surface area contributed by atoms with Gasteiger partial charge in [-0.3, -0.25) is 0 Å². The third-order valence-corrected chi connectivity index (χ3v) is 3.86. The SMILES string of the molecule is Cc1cc(C)cc(COc2c(Br)cc(N)cc2Br)c1. The van der Waals surface area contributed by atoms with Gasteiger partial charge in [0, 0.05) is 5.69 Å². The Morgan fingerprint density at radius 1 is 0.947 bits per heavy atom. The maximum atomic E-state index is 5.87. The van der Waals surface area contributed by atoms with E-state index in [0.29, 0.717) is 12.3 Å². The summed E-state index contributed by atoms with van der Waals surface area (Å²) in [5.74, 6) is 0.772. The van der Waals surface area contributed by atoms with Gasteiger partial charge in [-0.15, -0.1) is 0 Å². The lowest BCUT2D eigenvalue weighted by atomic mass is 10.1. The van der Waals surface area contributed by atoms with Gasteiger partial charge >= 0.3 is 0 Å². The number of rotatable bonds is 3. The lowest BCUT2D eigenvalue weighted by Crippen LogP contribution is -1.99. The Balaban J connectivity index is 2.19. The fraction of sp³-hybridized carbons (Fsp3) is 0.200. The zero-order valence-corrected chi connectivity index (χ0v) is 14.0. The maximum Gasteiger partial charge on any atom is 0.148 e. The first-order valence-corrected chi connectivity index (χ1v) is 7.49. The molecular weight excluding hydrogens is 370 g/mol. The molecule has 0 bridgehead atoms. The highest BCUT2D eigenvalue weighted by Crippen LogP contribution is 2.36. The third-order valence-electron chi connectivity index (χ3n) is 2.69. The Labute approximate surface area is 130 Å². The predicted octanol–water partition coefficient (Wildman–Crippen LogP) is 4.99. The first-order valence-electron chi connectivity index (χ1n) is 5.90. The molecule has 0 radical (unpaired) electrons. The van der Waals surface area contributed by atoms with Gasteiger partial charge < -0.3 is 10.5 Å². The van der Waals surface area contributed by atoms with Gasteiger partial charge in [0.05, 0.1) is 8.95 Å². The summed E-state index contributed by atoms with van der Waals surface area (Å²) in [6.07, 6.45) is 0. The molecule has 0 unspecified atom stereocenters. The highest BCUT2D eigenvalue weighted by molar-refractivity contribution is 9.11. The van der Waals surface area contributed by atoms with Crippen molar-refractivity contribution in [1.29, 1.82) is 0 Å². The molecule has 19 heavy (non-hydrogen) atoms. The Hall–Kier alpha value is -1.00. The van der Waals surface area contributed by atoms with Gasteiger partial charge in [-0.05, 0) is 63.4 Å². The van der Waals surface area contributed by atoms with Crippen LogP contribution in [0.5, 0.6) is 5.75 Å². The lowest BCUT2D eigenvalue weighted by Gasteiger charge is -2.12. The number of benzene rings is 2. The van der Waals surface area contributed by atoms with Crippen molar-refractivity contribution in [2.75, 3.05) is 5.73 Å². The molecule has 0 amide bonds. The Bertz CT molecular complexity index is 568. The van der Waals surface area contributed by atoms with Crippen LogP contribution in [-0.2, 0) is 6.61 Å². The molecule has 0 saturated carbocycles. The van der Waals surface area contributed by atoms with Crippen molar-refractivity contribution in [2.45, 2.75) is 20.5 Å². The summed E-state index contributed by atoms with van der Waals surface area (Å²) in [6, 6.07) is 10.1. The summed E-state index contributed by atoms with van der Waals surface area (Å²) in [4.78, 5) is 0. The van der Waals surface area contributed by atoms with E-state index in [2.05, 4.69) is 63.9 Å². The molecule has 0 fully saturated rings. The Morgan fingerprint density at radius 2 is 1.47 bits per heavy atom. The van der Waals surface area contributed by atoms with Crippen LogP contribution in [0.1, 0.15) is 16.7 Å². The first-order chi connectivity index (χ1) is 8.95. The summed E-state index contributed by atoms with van der Waals surface area (Å²) >= 11 is 6.93. The summed E-state index contributed by atoms with van der Waals surface area (Å²) in [6.45, 7) is 4.71. The van der Waals surface area contributed by atoms with E-state index in [4.69, 9.17) is 10.5 Å². The molecule has 2 aromatic rings. The van der Waals surface area contributed by atoms with E-state index in [1.54, 1.807) is 0 Å². The monoisotopic (exact) mass is 383 g/mol. The quantitative estimate of drug-likeness (QED) is 0.756. The Kier molecular flexibility index (Phi) is 4.53. The second kappa shape index (κ2) is 5.97. The maximum absolute atomic E-state index is 5.87. The number of hydrogen-bond acceptors (Lipinski definition) is 2. The largest absolute Gasteiger partial charge is 0.487 e. The molecule has 0 atom stereocenters. The van der Waals surface area contributed by atoms with Gasteiger partial charge in [-0.25, -0.2) is 0 Å². The molecule has 4 heteroatoms. The highest BCUT2D eigenvalue weighted by atomic mass is 79.9. The van der Waals surface area contributed by atoms with Crippen LogP contribution >= 0.6 is 31.9 Å². The van der Waals surface area contributed by atoms with E-state index in [9.17, 15) is 0 Å². The number of ether oxygens (including phenoxy) is 1. The van der Waals surface area contributed by atoms with Crippen molar-refractivity contribution in [3.05, 3.63) is 56.0 Å². The normalized spacial score (nSPS) is 10.5. The standard InChI is InChI=1S/C15H15Br2NO/c1-9-3-10(2)5-11(4-9)8-19-15-13(16)6-12(18)7-14(15)17/h3-7H,8,18H2,1-2H3. The fourth-order valence-electron chi connectivity index (χ4n) is 2.03. The number of halogens is 2. The van der Waals surface area contributed by atoms with Crippen LogP contribution in [0.3, 0.4) is 0 Å². The molecule has 2 N–H and O–H groups in total. The van der Waals surface area contributed by atoms with E-state index in [1.165, 1.54) is 11.1 Å². The number of nitrogen functional groups attached to an aromatic ring is 1. The van der Waals surface area contributed by atoms with Gasteiger partial charge in [-0.2, -0.15) is 0 Å². The van der Waals surface area contributed by atoms with E-state index >= 15 is 0 Å². The average molecular weight is 385 g/mol. The van der Waals surface area contributed by atoms with Crippen molar-refractivity contribution < 1.29 is 4.74 Å². The number of nitrogens with two attached hydrogens (primary N) is 1. The molecule has 0 saturated heterocycles. The second-order valence-electron chi connectivity index (χ2n) is 4.60. The summed E-state index contributed by atoms with van der Waals surface area (Å²) in [7, 11) is 0. The zero-order chi connectivity index (χ0) is 14.0. The van der Waals surface area contributed by atoms with Gasteiger partial charge in [0.1, 0.15) is 12.4 Å². The highest BCUT2D eigenvalue weighted by Gasteiger charge is 2.08. The van der Waals surface area contributed by atoms with Crippen molar-refractivity contribution in [3.8, 4) is 5.75 Å². The lowest BCUT2D eigenvalue weighted by molar-refractivity contribution is 0.302. The van der Waals surface area contributed by atoms with Gasteiger partial charge in [0.15, 0.2) is 0 Å². The molecule has 0 heterocycles. The minimum Gasteiger partial charge on any atom is -0.487 e. The molecule has 0 aromatic heterocycles. The molecule has 2 nitrogen and oxygen atoms in total. The van der Waals surface area contributed by atoms with E-state index in [1.807, 2.05) is 12.1 Å². The molecule has 0 aliphatic rings. The molecule has 0 spiro atoms. The average Bonchev–Trinajstić information content (AvgIpc) is 2.25. The molecule has 2 rings (SSSR count). The van der Waals surface area contributed by atoms with Crippen LogP contribution in [0.25, 0.3) is 0 Å². The third kappa shape index (κ3) is 3.74. The van der Waals surface area contributed by atoms with E-state index in [-0.39, 0.29) is 0 Å². The molecule has 100 valence electrons. The topological polar surface area (TPSA) is 35.2 Å². The van der Waals surface area contributed by atoms with Crippen LogP contribution < -0.4 is 10.5 Å². The fourth-order valence-corrected chi connectivity index (χ4v) is 3.48. The van der Waals surface area contributed by atoms with Crippen LogP contribution in [0, 0.1) is 13.8 Å². The van der Waals surface area contributed by atoms with Crippen molar-refractivity contribution in [2.24, 2.45) is 0 Å². The van der Waals surface area contributed by atoms with Crippen LogP contribution in [0.4, 0.5) is 5.69 Å². The van der Waals surface area contributed by atoms with Gasteiger partial charge in [0.25, 0.3) is 0 Å². The molecular formula is C15H15Br2NO.